The van der Waals surface area contributed by atoms with Crippen molar-refractivity contribution < 1.29 is 0 Å². The van der Waals surface area contributed by atoms with Crippen LogP contribution in [-0.4, -0.2) is 23.1 Å². The van der Waals surface area contributed by atoms with Gasteiger partial charge in [0.2, 0.25) is 5.95 Å². The third-order valence-corrected chi connectivity index (χ3v) is 3.33. The number of nitrogens with zero attached hydrogens (tertiary/aromatic N) is 2. The van der Waals surface area contributed by atoms with Crippen molar-refractivity contribution >= 4 is 11.8 Å². The van der Waals surface area contributed by atoms with Gasteiger partial charge < -0.3 is 10.6 Å². The van der Waals surface area contributed by atoms with E-state index in [1.54, 1.807) is 6.20 Å². The van der Waals surface area contributed by atoms with Crippen LogP contribution in [0.15, 0.2) is 12.3 Å². The molecular formula is C16H30N4. The molecule has 20 heavy (non-hydrogen) atoms. The summed E-state index contributed by atoms with van der Waals surface area (Å²) in [5, 5.41) is 6.48. The number of anilines is 2. The molecule has 1 heterocycles. The molecule has 1 rings (SSSR count). The maximum atomic E-state index is 4.40. The highest BCUT2D eigenvalue weighted by atomic mass is 15.1. The quantitative estimate of drug-likeness (QED) is 0.554. The molecule has 0 bridgehead atoms. The predicted molar refractivity (Wildman–Crippen MR) is 87.3 cm³/mol. The van der Waals surface area contributed by atoms with Crippen LogP contribution in [0.2, 0.25) is 0 Å². The van der Waals surface area contributed by atoms with Crippen molar-refractivity contribution in [3.05, 3.63) is 12.3 Å². The average molecular weight is 278 g/mol. The van der Waals surface area contributed by atoms with Gasteiger partial charge in [-0.1, -0.05) is 51.9 Å². The molecule has 4 heteroatoms. The van der Waals surface area contributed by atoms with Crippen LogP contribution in [0.1, 0.15) is 65.2 Å². The summed E-state index contributed by atoms with van der Waals surface area (Å²) in [6, 6.07) is 1.92. The lowest BCUT2D eigenvalue weighted by Gasteiger charge is -2.07. The second-order valence-electron chi connectivity index (χ2n) is 5.20. The van der Waals surface area contributed by atoms with Gasteiger partial charge in [-0.2, -0.15) is 4.98 Å². The Morgan fingerprint density at radius 1 is 0.900 bits per heavy atom. The molecule has 1 aromatic rings. The number of aromatic nitrogens is 2. The summed E-state index contributed by atoms with van der Waals surface area (Å²) in [7, 11) is 0. The molecule has 114 valence electrons. The molecule has 0 aliphatic carbocycles. The van der Waals surface area contributed by atoms with Gasteiger partial charge in [0.25, 0.3) is 0 Å². The van der Waals surface area contributed by atoms with E-state index in [1.807, 2.05) is 13.0 Å². The van der Waals surface area contributed by atoms with E-state index in [0.29, 0.717) is 5.95 Å². The standard InChI is InChI=1S/C16H30N4/c1-3-5-6-7-8-9-10-11-13-18-15-12-14-19-16(20-15)17-4-2/h12,14H,3-11,13H2,1-2H3,(H2,17,18,19,20). The van der Waals surface area contributed by atoms with Crippen LogP contribution in [0.4, 0.5) is 11.8 Å². The largest absolute Gasteiger partial charge is 0.370 e. The van der Waals surface area contributed by atoms with Gasteiger partial charge in [0.1, 0.15) is 5.82 Å². The van der Waals surface area contributed by atoms with E-state index in [2.05, 4.69) is 27.5 Å². The molecule has 0 saturated carbocycles. The Balaban J connectivity index is 2.02. The molecule has 0 aliphatic heterocycles. The van der Waals surface area contributed by atoms with Crippen molar-refractivity contribution in [1.29, 1.82) is 0 Å². The fourth-order valence-electron chi connectivity index (χ4n) is 2.18. The van der Waals surface area contributed by atoms with Gasteiger partial charge in [-0.15, -0.1) is 0 Å². The van der Waals surface area contributed by atoms with Gasteiger partial charge in [-0.25, -0.2) is 4.98 Å². The zero-order valence-electron chi connectivity index (χ0n) is 13.1. The summed E-state index contributed by atoms with van der Waals surface area (Å²) in [6.45, 7) is 6.16. The molecule has 0 atom stereocenters. The van der Waals surface area contributed by atoms with Crippen LogP contribution < -0.4 is 10.6 Å². The topological polar surface area (TPSA) is 49.8 Å². The Labute approximate surface area is 123 Å². The molecular weight excluding hydrogens is 248 g/mol. The Hall–Kier alpha value is -1.32. The maximum absolute atomic E-state index is 4.40. The average Bonchev–Trinajstić information content (AvgIpc) is 2.46. The van der Waals surface area contributed by atoms with Crippen molar-refractivity contribution in [2.75, 3.05) is 23.7 Å². The van der Waals surface area contributed by atoms with E-state index >= 15 is 0 Å². The summed E-state index contributed by atoms with van der Waals surface area (Å²) in [4.78, 5) is 8.56. The third-order valence-electron chi connectivity index (χ3n) is 3.33. The Morgan fingerprint density at radius 3 is 2.30 bits per heavy atom. The highest BCUT2D eigenvalue weighted by molar-refractivity contribution is 5.39. The summed E-state index contributed by atoms with van der Waals surface area (Å²) >= 11 is 0. The highest BCUT2D eigenvalue weighted by Crippen LogP contribution is 2.09. The first-order valence-corrected chi connectivity index (χ1v) is 8.17. The summed E-state index contributed by atoms with van der Waals surface area (Å²) in [5.41, 5.74) is 0. The fraction of sp³-hybridized carbons (Fsp3) is 0.750. The first-order valence-electron chi connectivity index (χ1n) is 8.17. The minimum absolute atomic E-state index is 0.702. The lowest BCUT2D eigenvalue weighted by Crippen LogP contribution is -2.07. The van der Waals surface area contributed by atoms with E-state index in [4.69, 9.17) is 0 Å². The third kappa shape index (κ3) is 7.97. The normalized spacial score (nSPS) is 10.5. The molecule has 0 aliphatic rings. The minimum Gasteiger partial charge on any atom is -0.370 e. The van der Waals surface area contributed by atoms with Crippen LogP contribution in [0.5, 0.6) is 0 Å². The van der Waals surface area contributed by atoms with Crippen LogP contribution in [0.3, 0.4) is 0 Å². The van der Waals surface area contributed by atoms with Crippen LogP contribution in [-0.2, 0) is 0 Å². The van der Waals surface area contributed by atoms with Gasteiger partial charge in [0.05, 0.1) is 0 Å². The van der Waals surface area contributed by atoms with Crippen LogP contribution in [0.25, 0.3) is 0 Å². The SMILES string of the molecule is CCCCCCCCCCNc1ccnc(NCC)n1. The zero-order valence-corrected chi connectivity index (χ0v) is 13.1. The molecule has 0 radical (unpaired) electrons. The fourth-order valence-corrected chi connectivity index (χ4v) is 2.18. The molecule has 0 fully saturated rings. The Bertz CT molecular complexity index is 341. The van der Waals surface area contributed by atoms with Crippen molar-refractivity contribution in [3.8, 4) is 0 Å². The molecule has 0 amide bonds. The lowest BCUT2D eigenvalue weighted by molar-refractivity contribution is 0.581. The summed E-state index contributed by atoms with van der Waals surface area (Å²) < 4.78 is 0. The molecule has 2 N–H and O–H groups in total. The Morgan fingerprint density at radius 2 is 1.60 bits per heavy atom. The van der Waals surface area contributed by atoms with E-state index in [-0.39, 0.29) is 0 Å². The lowest BCUT2D eigenvalue weighted by atomic mass is 10.1. The van der Waals surface area contributed by atoms with E-state index in [0.717, 1.165) is 18.9 Å². The van der Waals surface area contributed by atoms with Gasteiger partial charge in [0, 0.05) is 19.3 Å². The van der Waals surface area contributed by atoms with Crippen molar-refractivity contribution in [1.82, 2.24) is 9.97 Å². The number of hydrogen-bond acceptors (Lipinski definition) is 4. The van der Waals surface area contributed by atoms with Gasteiger partial charge in [-0.3, -0.25) is 0 Å². The van der Waals surface area contributed by atoms with E-state index in [9.17, 15) is 0 Å². The molecule has 1 aromatic heterocycles. The summed E-state index contributed by atoms with van der Waals surface area (Å²) in [5.74, 6) is 1.62. The first kappa shape index (κ1) is 16.7. The number of rotatable bonds is 12. The highest BCUT2D eigenvalue weighted by Gasteiger charge is 1.97. The van der Waals surface area contributed by atoms with Crippen LogP contribution in [0, 0.1) is 0 Å². The molecule has 0 aromatic carbocycles. The van der Waals surface area contributed by atoms with Gasteiger partial charge in [0.15, 0.2) is 0 Å². The van der Waals surface area contributed by atoms with Crippen LogP contribution >= 0.6 is 0 Å². The van der Waals surface area contributed by atoms with Crippen molar-refractivity contribution in [2.24, 2.45) is 0 Å². The smallest absolute Gasteiger partial charge is 0.224 e. The number of nitrogens with one attached hydrogen (secondary N) is 2. The molecule has 4 nitrogen and oxygen atoms in total. The van der Waals surface area contributed by atoms with Crippen molar-refractivity contribution in [2.45, 2.75) is 65.2 Å². The van der Waals surface area contributed by atoms with E-state index < -0.39 is 0 Å². The maximum Gasteiger partial charge on any atom is 0.224 e. The Kier molecular flexibility index (Phi) is 9.62. The monoisotopic (exact) mass is 278 g/mol. The minimum atomic E-state index is 0.702. The predicted octanol–water partition coefficient (Wildman–Crippen LogP) is 4.46. The van der Waals surface area contributed by atoms with E-state index in [1.165, 1.54) is 51.4 Å². The molecule has 0 unspecified atom stereocenters. The summed E-state index contributed by atoms with van der Waals surface area (Å²) in [6.07, 6.45) is 12.6. The molecule has 0 spiro atoms. The van der Waals surface area contributed by atoms with Gasteiger partial charge in [-0.05, 0) is 19.4 Å². The number of unbranched alkanes of at least 4 members (excludes halogenated alkanes) is 7. The first-order chi connectivity index (χ1) is 9.86. The number of hydrogen-bond donors (Lipinski definition) is 2. The molecule has 0 saturated heterocycles. The zero-order chi connectivity index (χ0) is 14.5. The van der Waals surface area contributed by atoms with Gasteiger partial charge >= 0.3 is 0 Å². The van der Waals surface area contributed by atoms with Crippen molar-refractivity contribution in [3.63, 3.8) is 0 Å². The second kappa shape index (κ2) is 11.5. The second-order valence-corrected chi connectivity index (χ2v) is 5.20.